The highest BCUT2D eigenvalue weighted by Crippen LogP contribution is 2.38. The van der Waals surface area contributed by atoms with Gasteiger partial charge in [0.25, 0.3) is 5.91 Å². The van der Waals surface area contributed by atoms with Crippen molar-refractivity contribution in [3.05, 3.63) is 99.8 Å². The molecule has 0 heterocycles. The molecule has 1 amide bonds. The standard InChI is InChI=1S/C27H24ClFN2O3/c1-3-33-25-15-20(14-24(28)26(25)34-17-19-9-11-23(29)12-10-19)13-22(16-30)27(32)31-18(2)21-7-5-4-6-8-21/h4-15,18H,3,17H2,1-2H3,(H,31,32)/b22-13-/t18-/m0/s1. The Bertz CT molecular complexity index is 1210. The molecule has 0 fully saturated rings. The fraction of sp³-hybridized carbons (Fsp3) is 0.185. The molecule has 0 aliphatic rings. The molecule has 1 N–H and O–H groups in total. The Balaban J connectivity index is 1.81. The van der Waals surface area contributed by atoms with Crippen molar-refractivity contribution in [3.63, 3.8) is 0 Å². The second-order valence-corrected chi connectivity index (χ2v) is 7.86. The van der Waals surface area contributed by atoms with Crippen molar-refractivity contribution in [3.8, 4) is 17.6 Å². The Hall–Kier alpha value is -3.82. The maximum absolute atomic E-state index is 13.1. The molecule has 0 saturated carbocycles. The van der Waals surface area contributed by atoms with E-state index in [0.717, 1.165) is 11.1 Å². The fourth-order valence-electron chi connectivity index (χ4n) is 3.23. The highest BCUT2D eigenvalue weighted by Gasteiger charge is 2.16. The Labute approximate surface area is 203 Å². The van der Waals surface area contributed by atoms with Crippen LogP contribution in [0.2, 0.25) is 5.02 Å². The summed E-state index contributed by atoms with van der Waals surface area (Å²) in [7, 11) is 0. The third kappa shape index (κ3) is 6.60. The number of rotatable bonds is 9. The van der Waals surface area contributed by atoms with Crippen LogP contribution in [0.25, 0.3) is 6.08 Å². The molecule has 0 aliphatic heterocycles. The number of hydrogen-bond acceptors (Lipinski definition) is 4. The molecule has 1 atom stereocenters. The molecule has 5 nitrogen and oxygen atoms in total. The minimum atomic E-state index is -0.496. The molecule has 0 spiro atoms. The van der Waals surface area contributed by atoms with Crippen molar-refractivity contribution in [2.24, 2.45) is 0 Å². The van der Waals surface area contributed by atoms with Crippen LogP contribution in [0.15, 0.2) is 72.3 Å². The van der Waals surface area contributed by atoms with Gasteiger partial charge in [0.05, 0.1) is 17.7 Å². The van der Waals surface area contributed by atoms with Crippen LogP contribution in [0.3, 0.4) is 0 Å². The molecule has 0 bridgehead atoms. The SMILES string of the molecule is CCOc1cc(/C=C(/C#N)C(=O)N[C@@H](C)c2ccccc2)cc(Cl)c1OCc1ccc(F)cc1. The summed E-state index contributed by atoms with van der Waals surface area (Å²) in [5.74, 6) is -0.127. The Morgan fingerprint density at radius 2 is 1.85 bits per heavy atom. The number of halogens is 2. The van der Waals surface area contributed by atoms with E-state index in [9.17, 15) is 14.4 Å². The van der Waals surface area contributed by atoms with Gasteiger partial charge in [0.1, 0.15) is 24.1 Å². The highest BCUT2D eigenvalue weighted by molar-refractivity contribution is 6.32. The molecule has 174 valence electrons. The first-order chi connectivity index (χ1) is 16.4. The van der Waals surface area contributed by atoms with E-state index >= 15 is 0 Å². The van der Waals surface area contributed by atoms with Gasteiger partial charge < -0.3 is 14.8 Å². The lowest BCUT2D eigenvalue weighted by atomic mass is 10.1. The molecule has 3 rings (SSSR count). The van der Waals surface area contributed by atoms with Gasteiger partial charge in [-0.15, -0.1) is 0 Å². The third-order valence-corrected chi connectivity index (χ3v) is 5.23. The average Bonchev–Trinajstić information content (AvgIpc) is 2.83. The highest BCUT2D eigenvalue weighted by atomic mass is 35.5. The first-order valence-corrected chi connectivity index (χ1v) is 11.1. The van der Waals surface area contributed by atoms with Gasteiger partial charge in [-0.1, -0.05) is 54.1 Å². The number of ether oxygens (including phenoxy) is 2. The zero-order valence-electron chi connectivity index (χ0n) is 18.8. The quantitative estimate of drug-likeness (QED) is 0.292. The van der Waals surface area contributed by atoms with Crippen LogP contribution in [-0.2, 0) is 11.4 Å². The molecule has 0 unspecified atom stereocenters. The predicted octanol–water partition coefficient (Wildman–Crippen LogP) is 6.24. The second-order valence-electron chi connectivity index (χ2n) is 7.45. The average molecular weight is 479 g/mol. The van der Waals surface area contributed by atoms with Gasteiger partial charge in [-0.2, -0.15) is 5.26 Å². The molecule has 0 aliphatic carbocycles. The van der Waals surface area contributed by atoms with E-state index in [-0.39, 0.29) is 29.1 Å². The molecule has 0 radical (unpaired) electrons. The number of benzene rings is 3. The van der Waals surface area contributed by atoms with Crippen LogP contribution in [0.4, 0.5) is 4.39 Å². The molecule has 34 heavy (non-hydrogen) atoms. The summed E-state index contributed by atoms with van der Waals surface area (Å²) in [5, 5.41) is 12.7. The second kappa shape index (κ2) is 11.9. The van der Waals surface area contributed by atoms with E-state index in [1.165, 1.54) is 18.2 Å². The Morgan fingerprint density at radius 3 is 2.50 bits per heavy atom. The lowest BCUT2D eigenvalue weighted by Gasteiger charge is -2.15. The van der Waals surface area contributed by atoms with Gasteiger partial charge in [0, 0.05) is 0 Å². The summed E-state index contributed by atoms with van der Waals surface area (Å²) in [6, 6.07) is 20.3. The van der Waals surface area contributed by atoms with Crippen molar-refractivity contribution < 1.29 is 18.7 Å². The van der Waals surface area contributed by atoms with Crippen LogP contribution in [-0.4, -0.2) is 12.5 Å². The van der Waals surface area contributed by atoms with Crippen molar-refractivity contribution >= 4 is 23.6 Å². The molecule has 7 heteroatoms. The van der Waals surface area contributed by atoms with E-state index in [1.807, 2.05) is 50.2 Å². The maximum atomic E-state index is 13.1. The molecule has 3 aromatic rings. The fourth-order valence-corrected chi connectivity index (χ4v) is 3.50. The third-order valence-electron chi connectivity index (χ3n) is 4.95. The van der Waals surface area contributed by atoms with E-state index in [4.69, 9.17) is 21.1 Å². The monoisotopic (exact) mass is 478 g/mol. The molecular formula is C27H24ClFN2O3. The lowest BCUT2D eigenvalue weighted by Crippen LogP contribution is -2.27. The topological polar surface area (TPSA) is 71.3 Å². The van der Waals surface area contributed by atoms with Crippen LogP contribution in [0.5, 0.6) is 11.5 Å². The van der Waals surface area contributed by atoms with E-state index in [0.29, 0.717) is 23.7 Å². The Kier molecular flexibility index (Phi) is 8.66. The van der Waals surface area contributed by atoms with Crippen molar-refractivity contribution in [2.45, 2.75) is 26.5 Å². The van der Waals surface area contributed by atoms with E-state index < -0.39 is 5.91 Å². The first-order valence-electron chi connectivity index (χ1n) is 10.7. The lowest BCUT2D eigenvalue weighted by molar-refractivity contribution is -0.117. The van der Waals surface area contributed by atoms with Gasteiger partial charge in [-0.05, 0) is 60.9 Å². The Morgan fingerprint density at radius 1 is 1.15 bits per heavy atom. The zero-order chi connectivity index (χ0) is 24.5. The summed E-state index contributed by atoms with van der Waals surface area (Å²) in [5.41, 5.74) is 2.14. The molecular weight excluding hydrogens is 455 g/mol. The van der Waals surface area contributed by atoms with E-state index in [1.54, 1.807) is 24.3 Å². The van der Waals surface area contributed by atoms with Crippen molar-refractivity contribution in [2.75, 3.05) is 6.61 Å². The molecule has 3 aromatic carbocycles. The summed E-state index contributed by atoms with van der Waals surface area (Å²) in [4.78, 5) is 12.7. The van der Waals surface area contributed by atoms with Crippen LogP contribution < -0.4 is 14.8 Å². The van der Waals surface area contributed by atoms with Crippen LogP contribution in [0.1, 0.15) is 36.6 Å². The summed E-state index contributed by atoms with van der Waals surface area (Å²) >= 11 is 6.45. The van der Waals surface area contributed by atoms with Gasteiger partial charge in [-0.25, -0.2) is 4.39 Å². The van der Waals surface area contributed by atoms with Crippen LogP contribution >= 0.6 is 11.6 Å². The van der Waals surface area contributed by atoms with Gasteiger partial charge in [0.2, 0.25) is 0 Å². The number of amides is 1. The van der Waals surface area contributed by atoms with Gasteiger partial charge in [-0.3, -0.25) is 4.79 Å². The number of hydrogen-bond donors (Lipinski definition) is 1. The van der Waals surface area contributed by atoms with Crippen molar-refractivity contribution in [1.29, 1.82) is 5.26 Å². The molecule has 0 aromatic heterocycles. The maximum Gasteiger partial charge on any atom is 0.262 e. The number of carbonyl (C=O) groups excluding carboxylic acids is 1. The minimum absolute atomic E-state index is 0.0683. The van der Waals surface area contributed by atoms with Gasteiger partial charge >= 0.3 is 0 Å². The summed E-state index contributed by atoms with van der Waals surface area (Å²) < 4.78 is 24.7. The number of carbonyl (C=O) groups is 1. The predicted molar refractivity (Wildman–Crippen MR) is 130 cm³/mol. The minimum Gasteiger partial charge on any atom is -0.490 e. The first kappa shape index (κ1) is 24.8. The smallest absolute Gasteiger partial charge is 0.262 e. The zero-order valence-corrected chi connectivity index (χ0v) is 19.6. The summed E-state index contributed by atoms with van der Waals surface area (Å²) in [6.45, 7) is 4.19. The summed E-state index contributed by atoms with van der Waals surface area (Å²) in [6.07, 6.45) is 1.45. The number of nitrogens with zero attached hydrogens (tertiary/aromatic N) is 1. The normalized spacial score (nSPS) is 11.9. The molecule has 0 saturated heterocycles. The number of nitriles is 1. The number of nitrogens with one attached hydrogen (secondary N) is 1. The largest absolute Gasteiger partial charge is 0.490 e. The van der Waals surface area contributed by atoms with E-state index in [2.05, 4.69) is 5.32 Å². The van der Waals surface area contributed by atoms with Crippen molar-refractivity contribution in [1.82, 2.24) is 5.32 Å². The van der Waals surface area contributed by atoms with Gasteiger partial charge in [0.15, 0.2) is 11.5 Å². The van der Waals surface area contributed by atoms with Crippen LogP contribution in [0, 0.1) is 17.1 Å².